The molecule has 1 aromatic carbocycles. The fraction of sp³-hybridized carbons (Fsp3) is 0.350. The number of aromatic nitrogens is 3. The highest BCUT2D eigenvalue weighted by atomic mass is 16.5. The van der Waals surface area contributed by atoms with Crippen LogP contribution in [-0.4, -0.2) is 28.2 Å². The van der Waals surface area contributed by atoms with Crippen molar-refractivity contribution >= 4 is 0 Å². The molecule has 0 radical (unpaired) electrons. The molecule has 26 heavy (non-hydrogen) atoms. The van der Waals surface area contributed by atoms with Crippen molar-refractivity contribution < 1.29 is 9.26 Å². The molecular weight excluding hydrogens is 328 g/mol. The van der Waals surface area contributed by atoms with Crippen molar-refractivity contribution in [2.75, 3.05) is 13.1 Å². The van der Waals surface area contributed by atoms with E-state index in [0.29, 0.717) is 17.6 Å². The first-order chi connectivity index (χ1) is 12.8. The maximum absolute atomic E-state index is 5.73. The van der Waals surface area contributed by atoms with E-state index in [-0.39, 0.29) is 5.41 Å². The van der Waals surface area contributed by atoms with Gasteiger partial charge in [0.05, 0.1) is 5.41 Å². The van der Waals surface area contributed by atoms with Crippen molar-refractivity contribution in [2.45, 2.75) is 24.7 Å². The highest BCUT2D eigenvalue weighted by molar-refractivity contribution is 5.53. The zero-order valence-electron chi connectivity index (χ0n) is 14.4. The summed E-state index contributed by atoms with van der Waals surface area (Å²) in [5.74, 6) is 3.26. The molecule has 2 aliphatic rings. The summed E-state index contributed by atoms with van der Waals surface area (Å²) in [6.45, 7) is 1.98. The van der Waals surface area contributed by atoms with Gasteiger partial charge in [-0.3, -0.25) is 0 Å². The van der Waals surface area contributed by atoms with Gasteiger partial charge in [0.15, 0.2) is 0 Å². The molecule has 0 spiro atoms. The number of para-hydroxylation sites is 1. The molecule has 1 saturated carbocycles. The van der Waals surface area contributed by atoms with E-state index >= 15 is 0 Å². The Kier molecular flexibility index (Phi) is 3.71. The number of nitrogens with one attached hydrogen (secondary N) is 1. The standard InChI is InChI=1S/C20H20N4O2/c1-2-6-16(7-3-1)25-17-9-8-14(11-22-17)18-23-19(26-24-18)20-10-4-5-15(20)12-21-13-20/h1-3,6-9,11,15,21H,4-5,10,12-13H2/t15-,20-/m1/s1. The molecule has 6 heteroatoms. The predicted octanol–water partition coefficient (Wildman–Crippen LogP) is 3.57. The molecule has 3 heterocycles. The summed E-state index contributed by atoms with van der Waals surface area (Å²) in [6.07, 6.45) is 5.31. The van der Waals surface area contributed by atoms with Gasteiger partial charge in [-0.15, -0.1) is 0 Å². The number of benzene rings is 1. The van der Waals surface area contributed by atoms with Crippen molar-refractivity contribution in [3.63, 3.8) is 0 Å². The van der Waals surface area contributed by atoms with Gasteiger partial charge in [-0.25, -0.2) is 4.98 Å². The molecule has 5 rings (SSSR count). The normalized spacial score (nSPS) is 24.5. The van der Waals surface area contributed by atoms with Crippen LogP contribution in [0.4, 0.5) is 0 Å². The van der Waals surface area contributed by atoms with Gasteiger partial charge in [-0.2, -0.15) is 4.98 Å². The second-order valence-electron chi connectivity index (χ2n) is 7.10. The van der Waals surface area contributed by atoms with Crippen LogP contribution in [0.1, 0.15) is 25.2 Å². The average Bonchev–Trinajstić information content (AvgIpc) is 3.38. The van der Waals surface area contributed by atoms with Gasteiger partial charge in [0.1, 0.15) is 5.75 Å². The van der Waals surface area contributed by atoms with Gasteiger partial charge in [0.25, 0.3) is 0 Å². The van der Waals surface area contributed by atoms with E-state index in [0.717, 1.165) is 36.7 Å². The van der Waals surface area contributed by atoms with Gasteiger partial charge >= 0.3 is 0 Å². The summed E-state index contributed by atoms with van der Waals surface area (Å²) in [5.41, 5.74) is 0.854. The van der Waals surface area contributed by atoms with E-state index in [4.69, 9.17) is 14.2 Å². The summed E-state index contributed by atoms with van der Waals surface area (Å²) in [7, 11) is 0. The first kappa shape index (κ1) is 15.5. The van der Waals surface area contributed by atoms with Crippen molar-refractivity contribution in [1.82, 2.24) is 20.4 Å². The van der Waals surface area contributed by atoms with Crippen LogP contribution in [-0.2, 0) is 5.41 Å². The Labute approximate surface area is 151 Å². The van der Waals surface area contributed by atoms with Gasteiger partial charge in [-0.05, 0) is 43.5 Å². The van der Waals surface area contributed by atoms with Crippen LogP contribution in [0.2, 0.25) is 0 Å². The first-order valence-corrected chi connectivity index (χ1v) is 9.08. The highest BCUT2D eigenvalue weighted by Crippen LogP contribution is 2.47. The Hall–Kier alpha value is -2.73. The van der Waals surface area contributed by atoms with Crippen LogP contribution in [0.5, 0.6) is 11.6 Å². The summed E-state index contributed by atoms with van der Waals surface area (Å²) < 4.78 is 11.4. The van der Waals surface area contributed by atoms with Crippen LogP contribution in [0, 0.1) is 5.92 Å². The summed E-state index contributed by atoms with van der Waals surface area (Å²) in [5, 5.41) is 7.69. The molecule has 0 bridgehead atoms. The molecule has 0 unspecified atom stereocenters. The molecule has 6 nitrogen and oxygen atoms in total. The third-order valence-electron chi connectivity index (χ3n) is 5.60. The Morgan fingerprint density at radius 3 is 2.92 bits per heavy atom. The number of ether oxygens (including phenoxy) is 1. The molecule has 132 valence electrons. The summed E-state index contributed by atoms with van der Waals surface area (Å²) in [4.78, 5) is 9.08. The molecule has 2 aromatic heterocycles. The van der Waals surface area contributed by atoms with Crippen LogP contribution in [0.15, 0.2) is 53.2 Å². The van der Waals surface area contributed by atoms with Gasteiger partial charge < -0.3 is 14.6 Å². The van der Waals surface area contributed by atoms with E-state index in [1.165, 1.54) is 12.8 Å². The second kappa shape index (κ2) is 6.21. The molecule has 1 aliphatic carbocycles. The Bertz CT molecular complexity index is 882. The quantitative estimate of drug-likeness (QED) is 0.777. The number of rotatable bonds is 4. The number of nitrogens with zero attached hydrogens (tertiary/aromatic N) is 3. The van der Waals surface area contributed by atoms with Gasteiger partial charge in [-0.1, -0.05) is 29.8 Å². The lowest BCUT2D eigenvalue weighted by Gasteiger charge is -2.22. The third kappa shape index (κ3) is 2.57. The smallest absolute Gasteiger partial charge is 0.234 e. The SMILES string of the molecule is c1ccc(Oc2ccc(-c3noc([C@@]45CCC[C@@H]4CNC5)n3)cn2)cc1. The monoisotopic (exact) mass is 348 g/mol. The lowest BCUT2D eigenvalue weighted by atomic mass is 9.80. The lowest BCUT2D eigenvalue weighted by molar-refractivity contribution is 0.265. The number of pyridine rings is 1. The number of hydrogen-bond donors (Lipinski definition) is 1. The van der Waals surface area contributed by atoms with Crippen LogP contribution < -0.4 is 10.1 Å². The Morgan fingerprint density at radius 2 is 2.08 bits per heavy atom. The van der Waals surface area contributed by atoms with Gasteiger partial charge in [0.2, 0.25) is 17.6 Å². The third-order valence-corrected chi connectivity index (χ3v) is 5.60. The van der Waals surface area contributed by atoms with E-state index in [1.807, 2.05) is 42.5 Å². The zero-order valence-corrected chi connectivity index (χ0v) is 14.4. The van der Waals surface area contributed by atoms with Crippen LogP contribution in [0.3, 0.4) is 0 Å². The Morgan fingerprint density at radius 1 is 1.15 bits per heavy atom. The van der Waals surface area contributed by atoms with Crippen molar-refractivity contribution in [3.8, 4) is 23.0 Å². The van der Waals surface area contributed by atoms with Crippen LogP contribution >= 0.6 is 0 Å². The predicted molar refractivity (Wildman–Crippen MR) is 95.9 cm³/mol. The minimum absolute atomic E-state index is 0.0229. The second-order valence-corrected chi connectivity index (χ2v) is 7.10. The molecule has 3 aromatic rings. The molecule has 2 atom stereocenters. The largest absolute Gasteiger partial charge is 0.439 e. The average molecular weight is 348 g/mol. The fourth-order valence-corrected chi connectivity index (χ4v) is 4.23. The van der Waals surface area contributed by atoms with E-state index in [1.54, 1.807) is 6.20 Å². The molecule has 2 fully saturated rings. The van der Waals surface area contributed by atoms with Gasteiger partial charge in [0, 0.05) is 24.4 Å². The van der Waals surface area contributed by atoms with Crippen molar-refractivity contribution in [1.29, 1.82) is 0 Å². The first-order valence-electron chi connectivity index (χ1n) is 9.08. The number of fused-ring (bicyclic) bond motifs is 1. The molecule has 1 saturated heterocycles. The fourth-order valence-electron chi connectivity index (χ4n) is 4.23. The topological polar surface area (TPSA) is 73.1 Å². The number of hydrogen-bond acceptors (Lipinski definition) is 6. The van der Waals surface area contributed by atoms with E-state index in [9.17, 15) is 0 Å². The molecular formula is C20H20N4O2. The zero-order chi connectivity index (χ0) is 17.4. The summed E-state index contributed by atoms with van der Waals surface area (Å²) >= 11 is 0. The maximum atomic E-state index is 5.73. The lowest BCUT2D eigenvalue weighted by Crippen LogP contribution is -2.31. The Balaban J connectivity index is 1.37. The van der Waals surface area contributed by atoms with Crippen LogP contribution in [0.25, 0.3) is 11.4 Å². The molecule has 1 N–H and O–H groups in total. The maximum Gasteiger partial charge on any atom is 0.234 e. The van der Waals surface area contributed by atoms with E-state index in [2.05, 4.69) is 15.5 Å². The van der Waals surface area contributed by atoms with E-state index < -0.39 is 0 Å². The van der Waals surface area contributed by atoms with Crippen molar-refractivity contribution in [3.05, 3.63) is 54.6 Å². The molecule has 1 aliphatic heterocycles. The van der Waals surface area contributed by atoms with Crippen molar-refractivity contribution in [2.24, 2.45) is 5.92 Å². The minimum atomic E-state index is 0.0229. The summed E-state index contributed by atoms with van der Waals surface area (Å²) in [6, 6.07) is 13.3. The molecule has 0 amide bonds. The highest BCUT2D eigenvalue weighted by Gasteiger charge is 2.51. The minimum Gasteiger partial charge on any atom is -0.439 e.